The first-order valence-corrected chi connectivity index (χ1v) is 6.14. The van der Waals surface area contributed by atoms with Crippen LogP contribution in [0.15, 0.2) is 11.6 Å². The Labute approximate surface area is 87.2 Å². The molecule has 80 valence electrons. The molecule has 3 atom stereocenters. The molecule has 0 aromatic rings. The van der Waals surface area contributed by atoms with Gasteiger partial charge in [-0.15, -0.1) is 0 Å². The molecule has 2 aliphatic rings. The molecule has 3 unspecified atom stereocenters. The van der Waals surface area contributed by atoms with Crippen LogP contribution in [0.4, 0.5) is 0 Å². The normalized spacial score (nSPS) is 39.3. The summed E-state index contributed by atoms with van der Waals surface area (Å²) in [5.41, 5.74) is 1.57. The Balaban J connectivity index is 1.99. The Morgan fingerprint density at radius 1 is 1.21 bits per heavy atom. The smallest absolute Gasteiger partial charge is 0.0723 e. The third-order valence-corrected chi connectivity index (χ3v) is 3.83. The fourth-order valence-electron chi connectivity index (χ4n) is 3.04. The van der Waals surface area contributed by atoms with Crippen molar-refractivity contribution in [3.8, 4) is 0 Å². The Kier molecular flexibility index (Phi) is 3.27. The zero-order valence-electron chi connectivity index (χ0n) is 9.21. The van der Waals surface area contributed by atoms with Crippen LogP contribution in [-0.2, 0) is 0 Å². The van der Waals surface area contributed by atoms with Gasteiger partial charge in [-0.2, -0.15) is 0 Å². The van der Waals surface area contributed by atoms with Crippen LogP contribution in [0.3, 0.4) is 0 Å². The van der Waals surface area contributed by atoms with Crippen LogP contribution < -0.4 is 0 Å². The number of allylic oxidation sites excluding steroid dienone is 1. The van der Waals surface area contributed by atoms with Crippen LogP contribution in [-0.4, -0.2) is 11.2 Å². The molecule has 0 aliphatic heterocycles. The second kappa shape index (κ2) is 4.48. The lowest BCUT2D eigenvalue weighted by Gasteiger charge is -2.31. The summed E-state index contributed by atoms with van der Waals surface area (Å²) in [6.45, 7) is 2.37. The minimum atomic E-state index is -0.143. The molecule has 0 spiro atoms. The van der Waals surface area contributed by atoms with E-state index in [1.807, 2.05) is 0 Å². The van der Waals surface area contributed by atoms with Crippen molar-refractivity contribution in [1.29, 1.82) is 0 Å². The van der Waals surface area contributed by atoms with E-state index in [2.05, 4.69) is 13.0 Å². The van der Waals surface area contributed by atoms with Gasteiger partial charge in [0.15, 0.2) is 0 Å². The van der Waals surface area contributed by atoms with E-state index in [4.69, 9.17) is 0 Å². The molecule has 1 nitrogen and oxygen atoms in total. The van der Waals surface area contributed by atoms with Gasteiger partial charge in [0.1, 0.15) is 0 Å². The largest absolute Gasteiger partial charge is 0.389 e. The highest BCUT2D eigenvalue weighted by molar-refractivity contribution is 5.13. The number of aliphatic hydroxyl groups is 1. The first-order valence-electron chi connectivity index (χ1n) is 6.14. The highest BCUT2D eigenvalue weighted by Crippen LogP contribution is 2.37. The molecule has 2 aliphatic carbocycles. The van der Waals surface area contributed by atoms with Gasteiger partial charge in [0.25, 0.3) is 0 Å². The summed E-state index contributed by atoms with van der Waals surface area (Å²) in [4.78, 5) is 0. The summed E-state index contributed by atoms with van der Waals surface area (Å²) in [6.07, 6.45) is 10.9. The molecule has 0 aromatic carbocycles. The third kappa shape index (κ3) is 2.38. The molecule has 0 heterocycles. The fraction of sp³-hybridized carbons (Fsp3) is 0.846. The van der Waals surface area contributed by atoms with Crippen molar-refractivity contribution >= 4 is 0 Å². The van der Waals surface area contributed by atoms with E-state index in [0.29, 0.717) is 0 Å². The van der Waals surface area contributed by atoms with Crippen LogP contribution in [0.2, 0.25) is 0 Å². The second-order valence-electron chi connectivity index (χ2n) is 5.17. The first kappa shape index (κ1) is 10.2. The van der Waals surface area contributed by atoms with Gasteiger partial charge in [-0.05, 0) is 43.9 Å². The SMILES string of the molecule is CC1CCCC(C2=CC(O)CCC2)C1. The van der Waals surface area contributed by atoms with E-state index in [9.17, 15) is 5.11 Å². The highest BCUT2D eigenvalue weighted by Gasteiger charge is 2.24. The molecular formula is C13H22O. The molecule has 14 heavy (non-hydrogen) atoms. The number of hydrogen-bond donors (Lipinski definition) is 1. The maximum atomic E-state index is 9.60. The predicted octanol–water partition coefficient (Wildman–Crippen LogP) is 3.28. The molecule has 1 heteroatoms. The molecular weight excluding hydrogens is 172 g/mol. The lowest BCUT2D eigenvalue weighted by atomic mass is 9.75. The van der Waals surface area contributed by atoms with E-state index < -0.39 is 0 Å². The molecule has 0 radical (unpaired) electrons. The Morgan fingerprint density at radius 3 is 2.79 bits per heavy atom. The second-order valence-corrected chi connectivity index (χ2v) is 5.17. The molecule has 0 saturated heterocycles. The fourth-order valence-corrected chi connectivity index (χ4v) is 3.04. The quantitative estimate of drug-likeness (QED) is 0.635. The van der Waals surface area contributed by atoms with Crippen molar-refractivity contribution in [2.24, 2.45) is 11.8 Å². The van der Waals surface area contributed by atoms with Gasteiger partial charge in [-0.3, -0.25) is 0 Å². The molecule has 0 aromatic heterocycles. The summed E-state index contributed by atoms with van der Waals surface area (Å²) in [5, 5.41) is 9.60. The van der Waals surface area contributed by atoms with Gasteiger partial charge in [0, 0.05) is 0 Å². The summed E-state index contributed by atoms with van der Waals surface area (Å²) < 4.78 is 0. The average Bonchev–Trinajstić information content (AvgIpc) is 2.18. The Bertz CT molecular complexity index is 219. The topological polar surface area (TPSA) is 20.2 Å². The van der Waals surface area contributed by atoms with Crippen LogP contribution >= 0.6 is 0 Å². The van der Waals surface area contributed by atoms with Crippen molar-refractivity contribution in [2.45, 2.75) is 58.0 Å². The van der Waals surface area contributed by atoms with E-state index in [1.165, 1.54) is 38.5 Å². The molecule has 0 amide bonds. The van der Waals surface area contributed by atoms with Crippen LogP contribution in [0.25, 0.3) is 0 Å². The summed E-state index contributed by atoms with van der Waals surface area (Å²) >= 11 is 0. The lowest BCUT2D eigenvalue weighted by Crippen LogP contribution is -2.19. The minimum absolute atomic E-state index is 0.143. The summed E-state index contributed by atoms with van der Waals surface area (Å²) in [7, 11) is 0. The van der Waals surface area contributed by atoms with Gasteiger partial charge in [-0.1, -0.05) is 31.4 Å². The Morgan fingerprint density at radius 2 is 2.07 bits per heavy atom. The summed E-state index contributed by atoms with van der Waals surface area (Å²) in [5.74, 6) is 1.70. The van der Waals surface area contributed by atoms with Crippen LogP contribution in [0.1, 0.15) is 51.9 Å². The number of hydrogen-bond acceptors (Lipinski definition) is 1. The first-order chi connectivity index (χ1) is 6.75. The lowest BCUT2D eigenvalue weighted by molar-refractivity contribution is 0.195. The zero-order chi connectivity index (χ0) is 9.97. The van der Waals surface area contributed by atoms with Crippen molar-refractivity contribution in [2.75, 3.05) is 0 Å². The van der Waals surface area contributed by atoms with E-state index >= 15 is 0 Å². The van der Waals surface area contributed by atoms with E-state index in [0.717, 1.165) is 18.3 Å². The molecule has 1 N–H and O–H groups in total. The average molecular weight is 194 g/mol. The zero-order valence-corrected chi connectivity index (χ0v) is 9.21. The summed E-state index contributed by atoms with van der Waals surface area (Å²) in [6, 6.07) is 0. The molecule has 1 saturated carbocycles. The molecule has 0 bridgehead atoms. The van der Waals surface area contributed by atoms with Crippen molar-refractivity contribution in [1.82, 2.24) is 0 Å². The Hall–Kier alpha value is -0.300. The minimum Gasteiger partial charge on any atom is -0.389 e. The maximum absolute atomic E-state index is 9.60. The van der Waals surface area contributed by atoms with Crippen molar-refractivity contribution in [3.05, 3.63) is 11.6 Å². The number of aliphatic hydroxyl groups excluding tert-OH is 1. The number of rotatable bonds is 1. The van der Waals surface area contributed by atoms with Gasteiger partial charge in [-0.25, -0.2) is 0 Å². The van der Waals surface area contributed by atoms with E-state index in [-0.39, 0.29) is 6.10 Å². The van der Waals surface area contributed by atoms with Crippen molar-refractivity contribution in [3.63, 3.8) is 0 Å². The van der Waals surface area contributed by atoms with Crippen molar-refractivity contribution < 1.29 is 5.11 Å². The maximum Gasteiger partial charge on any atom is 0.0723 e. The molecule has 2 rings (SSSR count). The highest BCUT2D eigenvalue weighted by atomic mass is 16.3. The monoisotopic (exact) mass is 194 g/mol. The van der Waals surface area contributed by atoms with Crippen LogP contribution in [0.5, 0.6) is 0 Å². The van der Waals surface area contributed by atoms with E-state index in [1.54, 1.807) is 5.57 Å². The standard InChI is InChI=1S/C13H22O/c1-10-4-2-5-11(8-10)12-6-3-7-13(14)9-12/h9-11,13-14H,2-8H2,1H3. The van der Waals surface area contributed by atoms with Gasteiger partial charge >= 0.3 is 0 Å². The van der Waals surface area contributed by atoms with Gasteiger partial charge < -0.3 is 5.11 Å². The predicted molar refractivity (Wildman–Crippen MR) is 59.1 cm³/mol. The van der Waals surface area contributed by atoms with Crippen LogP contribution in [0, 0.1) is 11.8 Å². The third-order valence-electron chi connectivity index (χ3n) is 3.83. The van der Waals surface area contributed by atoms with Gasteiger partial charge in [0.2, 0.25) is 0 Å². The molecule has 1 fully saturated rings. The van der Waals surface area contributed by atoms with Gasteiger partial charge in [0.05, 0.1) is 6.10 Å².